The van der Waals surface area contributed by atoms with Crippen LogP contribution < -0.4 is 15.0 Å². The molecule has 6 nitrogen and oxygen atoms in total. The van der Waals surface area contributed by atoms with E-state index in [9.17, 15) is 0 Å². The zero-order valence-corrected chi connectivity index (χ0v) is 22.7. The molecular formula is C27H22Cl3N3O3S. The van der Waals surface area contributed by atoms with Gasteiger partial charge < -0.3 is 24.1 Å². The average Bonchev–Trinajstić information content (AvgIpc) is 3.52. The number of hydrogen-bond acceptors (Lipinski definition) is 5. The number of methoxy groups -OCH3 is 1. The van der Waals surface area contributed by atoms with Crippen LogP contribution in [0.1, 0.15) is 23.5 Å². The molecule has 5 rings (SSSR count). The molecule has 37 heavy (non-hydrogen) atoms. The lowest BCUT2D eigenvalue weighted by atomic mass is 10.0. The van der Waals surface area contributed by atoms with E-state index in [1.54, 1.807) is 25.4 Å². The number of hydrogen-bond donors (Lipinski definition) is 1. The predicted molar refractivity (Wildman–Crippen MR) is 151 cm³/mol. The van der Waals surface area contributed by atoms with Crippen molar-refractivity contribution in [1.29, 1.82) is 0 Å². The van der Waals surface area contributed by atoms with Crippen molar-refractivity contribution < 1.29 is 13.9 Å². The lowest BCUT2D eigenvalue weighted by Gasteiger charge is -2.26. The molecule has 1 aliphatic heterocycles. The van der Waals surface area contributed by atoms with Crippen LogP contribution >= 0.6 is 47.0 Å². The minimum atomic E-state index is -0.338. The second kappa shape index (κ2) is 11.3. The molecule has 1 aliphatic rings. The van der Waals surface area contributed by atoms with Gasteiger partial charge in [-0.3, -0.25) is 4.98 Å². The Balaban J connectivity index is 1.53. The van der Waals surface area contributed by atoms with Gasteiger partial charge in [0.25, 0.3) is 0 Å². The first-order valence-electron chi connectivity index (χ1n) is 11.4. The molecule has 0 aliphatic carbocycles. The van der Waals surface area contributed by atoms with Gasteiger partial charge in [-0.2, -0.15) is 0 Å². The van der Waals surface area contributed by atoms with E-state index in [0.29, 0.717) is 50.7 Å². The van der Waals surface area contributed by atoms with E-state index in [-0.39, 0.29) is 12.1 Å². The number of rotatable bonds is 8. The van der Waals surface area contributed by atoms with Crippen molar-refractivity contribution in [3.05, 3.63) is 99.4 Å². The summed E-state index contributed by atoms with van der Waals surface area (Å²) < 4.78 is 17.2. The molecular weight excluding hydrogens is 553 g/mol. The van der Waals surface area contributed by atoms with Crippen LogP contribution in [0.25, 0.3) is 11.3 Å². The molecule has 10 heteroatoms. The van der Waals surface area contributed by atoms with Gasteiger partial charge in [0.05, 0.1) is 33.4 Å². The number of nitrogens with zero attached hydrogens (tertiary/aromatic N) is 2. The van der Waals surface area contributed by atoms with Gasteiger partial charge in [0.15, 0.2) is 5.11 Å². The number of thiocarbonyl (C=S) groups is 1. The molecule has 1 N–H and O–H groups in total. The molecule has 4 aromatic rings. The Morgan fingerprint density at radius 3 is 2.57 bits per heavy atom. The molecule has 0 bridgehead atoms. The lowest BCUT2D eigenvalue weighted by molar-refractivity contribution is 0.146. The van der Waals surface area contributed by atoms with Crippen molar-refractivity contribution in [3.8, 4) is 17.1 Å². The van der Waals surface area contributed by atoms with Crippen molar-refractivity contribution in [2.24, 2.45) is 0 Å². The first-order valence-corrected chi connectivity index (χ1v) is 13.0. The average molecular weight is 575 g/mol. The van der Waals surface area contributed by atoms with E-state index in [0.717, 1.165) is 16.9 Å². The van der Waals surface area contributed by atoms with Crippen molar-refractivity contribution in [2.45, 2.75) is 12.1 Å². The molecule has 2 atom stereocenters. The number of pyridine rings is 1. The Hall–Kier alpha value is -2.81. The summed E-state index contributed by atoms with van der Waals surface area (Å²) in [6, 6.07) is 20.0. The molecule has 0 spiro atoms. The molecule has 2 aromatic carbocycles. The largest absolute Gasteiger partial charge is 0.490 e. The summed E-state index contributed by atoms with van der Waals surface area (Å²) in [7, 11) is 1.62. The quantitative estimate of drug-likeness (QED) is 0.173. The third-order valence-corrected chi connectivity index (χ3v) is 7.31. The van der Waals surface area contributed by atoms with Crippen LogP contribution in [0.3, 0.4) is 0 Å². The van der Waals surface area contributed by atoms with Crippen molar-refractivity contribution in [3.63, 3.8) is 0 Å². The fraction of sp³-hybridized carbons (Fsp3) is 0.185. The Morgan fingerprint density at radius 2 is 1.84 bits per heavy atom. The first-order chi connectivity index (χ1) is 18.0. The summed E-state index contributed by atoms with van der Waals surface area (Å²) in [6.07, 6.45) is 1.76. The Labute approximate surface area is 235 Å². The fourth-order valence-electron chi connectivity index (χ4n) is 4.23. The number of nitrogens with one attached hydrogen (secondary N) is 1. The van der Waals surface area contributed by atoms with Crippen LogP contribution in [0.5, 0.6) is 5.75 Å². The summed E-state index contributed by atoms with van der Waals surface area (Å²) in [5.41, 5.74) is 2.43. The second-order valence-corrected chi connectivity index (χ2v) is 9.89. The minimum absolute atomic E-state index is 0.266. The number of ether oxygens (including phenoxy) is 2. The third kappa shape index (κ3) is 5.42. The van der Waals surface area contributed by atoms with Gasteiger partial charge in [0.1, 0.15) is 29.9 Å². The van der Waals surface area contributed by atoms with Gasteiger partial charge in [-0.15, -0.1) is 0 Å². The van der Waals surface area contributed by atoms with E-state index in [4.69, 9.17) is 60.9 Å². The minimum Gasteiger partial charge on any atom is -0.490 e. The van der Waals surface area contributed by atoms with Crippen LogP contribution in [0.4, 0.5) is 5.69 Å². The van der Waals surface area contributed by atoms with Gasteiger partial charge in [0, 0.05) is 24.6 Å². The highest BCUT2D eigenvalue weighted by molar-refractivity contribution is 7.80. The Kier molecular flexibility index (Phi) is 7.88. The highest BCUT2D eigenvalue weighted by Crippen LogP contribution is 2.44. The molecule has 3 heterocycles. The smallest absolute Gasteiger partial charge is 0.174 e. The van der Waals surface area contributed by atoms with Crippen LogP contribution in [0.2, 0.25) is 15.1 Å². The monoisotopic (exact) mass is 573 g/mol. The molecule has 190 valence electrons. The SMILES string of the molecule is COCCOc1ccc(N2C(=S)N[C@@H](c3ccccn3)[C@@H]2c2ccc(-c3ccc(Cl)c(Cl)c3)o2)cc1Cl. The van der Waals surface area contributed by atoms with E-state index >= 15 is 0 Å². The van der Waals surface area contributed by atoms with E-state index in [1.165, 1.54) is 0 Å². The summed E-state index contributed by atoms with van der Waals surface area (Å²) in [5, 5.41) is 5.34. The van der Waals surface area contributed by atoms with Crippen LogP contribution in [-0.2, 0) is 4.74 Å². The number of furan rings is 1. The summed E-state index contributed by atoms with van der Waals surface area (Å²) in [4.78, 5) is 6.56. The number of benzene rings is 2. The van der Waals surface area contributed by atoms with E-state index in [2.05, 4.69) is 10.3 Å². The van der Waals surface area contributed by atoms with Crippen LogP contribution in [0.15, 0.2) is 77.3 Å². The molecule has 1 saturated heterocycles. The highest BCUT2D eigenvalue weighted by Gasteiger charge is 2.42. The predicted octanol–water partition coefficient (Wildman–Crippen LogP) is 7.50. The topological polar surface area (TPSA) is 59.8 Å². The van der Waals surface area contributed by atoms with Gasteiger partial charge >= 0.3 is 0 Å². The summed E-state index contributed by atoms with van der Waals surface area (Å²) in [6.45, 7) is 0.860. The van der Waals surface area contributed by atoms with Crippen molar-refractivity contribution in [1.82, 2.24) is 10.3 Å². The van der Waals surface area contributed by atoms with Gasteiger partial charge in [-0.1, -0.05) is 40.9 Å². The molecule has 0 radical (unpaired) electrons. The molecule has 0 saturated carbocycles. The van der Waals surface area contributed by atoms with Crippen LogP contribution in [0, 0.1) is 0 Å². The van der Waals surface area contributed by atoms with Gasteiger partial charge in [0.2, 0.25) is 0 Å². The van der Waals surface area contributed by atoms with Crippen LogP contribution in [-0.4, -0.2) is 30.4 Å². The Morgan fingerprint density at radius 1 is 0.973 bits per heavy atom. The standard InChI is InChI=1S/C27H22Cl3N3O3S/c1-34-12-13-35-23-8-6-17(15-20(23)30)33-26(25(32-27(33)37)21-4-2-3-11-31-21)24-10-9-22(36-24)16-5-7-18(28)19(29)14-16/h2-11,14-15,25-26H,12-13H2,1H3,(H,32,37)/t25-,26-/m0/s1. The second-order valence-electron chi connectivity index (χ2n) is 8.28. The van der Waals surface area contributed by atoms with E-state index < -0.39 is 0 Å². The maximum Gasteiger partial charge on any atom is 0.174 e. The zero-order valence-electron chi connectivity index (χ0n) is 19.7. The third-order valence-electron chi connectivity index (χ3n) is 5.96. The highest BCUT2D eigenvalue weighted by atomic mass is 35.5. The molecule has 0 unspecified atom stereocenters. The Bertz CT molecular complexity index is 1420. The fourth-order valence-corrected chi connectivity index (χ4v) is 5.10. The molecule has 1 fully saturated rings. The number of halogens is 3. The first kappa shape index (κ1) is 25.8. The molecule has 2 aromatic heterocycles. The van der Waals surface area contributed by atoms with E-state index in [1.807, 2.05) is 59.5 Å². The normalized spacial score (nSPS) is 17.2. The number of anilines is 1. The summed E-state index contributed by atoms with van der Waals surface area (Å²) in [5.74, 6) is 1.92. The summed E-state index contributed by atoms with van der Waals surface area (Å²) >= 11 is 24.7. The number of aromatic nitrogens is 1. The maximum atomic E-state index is 6.58. The van der Waals surface area contributed by atoms with Gasteiger partial charge in [-0.05, 0) is 72.9 Å². The molecule has 0 amide bonds. The zero-order chi connectivity index (χ0) is 25.9. The van der Waals surface area contributed by atoms with Crippen molar-refractivity contribution in [2.75, 3.05) is 25.2 Å². The maximum absolute atomic E-state index is 6.58. The van der Waals surface area contributed by atoms with Gasteiger partial charge in [-0.25, -0.2) is 0 Å². The lowest BCUT2D eigenvalue weighted by Crippen LogP contribution is -2.29. The van der Waals surface area contributed by atoms with Crippen molar-refractivity contribution >= 4 is 57.8 Å².